The first kappa shape index (κ1) is 25.7. The van der Waals surface area contributed by atoms with Crippen molar-refractivity contribution in [2.45, 2.75) is 25.8 Å². The van der Waals surface area contributed by atoms with Crippen molar-refractivity contribution in [3.63, 3.8) is 0 Å². The molecule has 0 spiro atoms. The van der Waals surface area contributed by atoms with E-state index in [-0.39, 0.29) is 23.7 Å². The summed E-state index contributed by atoms with van der Waals surface area (Å²) in [4.78, 5) is 27.9. The molecule has 6 nitrogen and oxygen atoms in total. The Labute approximate surface area is 220 Å². The topological polar surface area (TPSA) is 87.5 Å². The zero-order valence-corrected chi connectivity index (χ0v) is 22.0. The van der Waals surface area contributed by atoms with Gasteiger partial charge in [0.15, 0.2) is 0 Å². The molecule has 1 aliphatic rings. The number of nitrogens with two attached hydrogens (primary N) is 1. The number of benzene rings is 3. The maximum absolute atomic E-state index is 13.3. The zero-order valence-electron chi connectivity index (χ0n) is 20.4. The minimum Gasteiger partial charge on any atom is -0.397 e. The summed E-state index contributed by atoms with van der Waals surface area (Å²) in [5, 5.41) is 5.88. The molecule has 0 saturated carbocycles. The van der Waals surface area contributed by atoms with Crippen LogP contribution in [-0.2, 0) is 9.59 Å². The van der Waals surface area contributed by atoms with E-state index >= 15 is 0 Å². The van der Waals surface area contributed by atoms with Crippen LogP contribution >= 0.6 is 15.9 Å². The van der Waals surface area contributed by atoms with Gasteiger partial charge in [-0.1, -0.05) is 52.3 Å². The van der Waals surface area contributed by atoms with Crippen molar-refractivity contribution in [2.75, 3.05) is 29.5 Å². The highest BCUT2D eigenvalue weighted by Crippen LogP contribution is 2.35. The third-order valence-corrected chi connectivity index (χ3v) is 7.07. The summed E-state index contributed by atoms with van der Waals surface area (Å²) < 4.78 is 0.973. The fourth-order valence-corrected chi connectivity index (χ4v) is 4.70. The van der Waals surface area contributed by atoms with Crippen LogP contribution in [0.25, 0.3) is 6.08 Å². The Morgan fingerprint density at radius 3 is 2.33 bits per heavy atom. The third kappa shape index (κ3) is 6.42. The van der Waals surface area contributed by atoms with Gasteiger partial charge < -0.3 is 16.4 Å². The number of carbonyl (C=O) groups is 2. The van der Waals surface area contributed by atoms with Crippen molar-refractivity contribution in [1.29, 1.82) is 0 Å². The minimum absolute atomic E-state index is 0.0336. The van der Waals surface area contributed by atoms with Crippen molar-refractivity contribution >= 4 is 50.9 Å². The average Bonchev–Trinajstić information content (AvgIpc) is 3.32. The molecular formula is C29H31BrN4O2. The lowest BCUT2D eigenvalue weighted by Gasteiger charge is -2.20. The van der Waals surface area contributed by atoms with Crippen LogP contribution in [0, 0.1) is 5.92 Å². The standard InChI is InChI=1S/C29H31BrN4O2/c1-19(2)34-17-24(25(18-34)29(36)32-23-14-12-22(30)13-15-23)21-10-7-20(8-11-21)9-16-28(35)33-27-6-4-3-5-26(27)31/h3-16,19,24-25H,17-18,31H2,1-2H3,(H,32,36)(H,33,35)/b16-9+. The molecule has 2 unspecified atom stereocenters. The van der Waals surface area contributed by atoms with Gasteiger partial charge in [-0.05, 0) is 67.4 Å². The van der Waals surface area contributed by atoms with Gasteiger partial charge >= 0.3 is 0 Å². The molecule has 0 aromatic heterocycles. The number of hydrogen-bond acceptors (Lipinski definition) is 4. The Morgan fingerprint density at radius 2 is 1.67 bits per heavy atom. The number of anilines is 3. The van der Waals surface area contributed by atoms with Crippen molar-refractivity contribution in [3.05, 3.63) is 94.5 Å². The Hall–Kier alpha value is -3.42. The number of hydrogen-bond donors (Lipinski definition) is 3. The van der Waals surface area contributed by atoms with Gasteiger partial charge in [0.2, 0.25) is 11.8 Å². The monoisotopic (exact) mass is 546 g/mol. The fraction of sp³-hybridized carbons (Fsp3) is 0.241. The number of carbonyl (C=O) groups excluding carboxylic acids is 2. The molecule has 0 radical (unpaired) electrons. The second-order valence-corrected chi connectivity index (χ2v) is 10.2. The summed E-state index contributed by atoms with van der Waals surface area (Å²) in [5.41, 5.74) is 9.82. The van der Waals surface area contributed by atoms with E-state index in [2.05, 4.69) is 57.4 Å². The lowest BCUT2D eigenvalue weighted by molar-refractivity contribution is -0.120. The van der Waals surface area contributed by atoms with E-state index in [4.69, 9.17) is 5.73 Å². The molecule has 0 aliphatic carbocycles. The molecule has 2 atom stereocenters. The highest BCUT2D eigenvalue weighted by atomic mass is 79.9. The van der Waals surface area contributed by atoms with Gasteiger partial charge in [0, 0.05) is 41.3 Å². The van der Waals surface area contributed by atoms with Gasteiger partial charge in [0.25, 0.3) is 0 Å². The largest absolute Gasteiger partial charge is 0.397 e. The van der Waals surface area contributed by atoms with E-state index in [0.717, 1.165) is 34.4 Å². The highest BCUT2D eigenvalue weighted by molar-refractivity contribution is 9.10. The molecule has 1 heterocycles. The Bertz CT molecular complexity index is 1240. The van der Waals surface area contributed by atoms with Crippen molar-refractivity contribution in [2.24, 2.45) is 5.92 Å². The summed E-state index contributed by atoms with van der Waals surface area (Å²) in [6.07, 6.45) is 3.26. The number of nitrogens with zero attached hydrogens (tertiary/aromatic N) is 1. The molecule has 3 aromatic carbocycles. The maximum Gasteiger partial charge on any atom is 0.248 e. The number of halogens is 1. The zero-order chi connectivity index (χ0) is 25.7. The highest BCUT2D eigenvalue weighted by Gasteiger charge is 2.39. The fourth-order valence-electron chi connectivity index (χ4n) is 4.44. The molecule has 3 aromatic rings. The molecule has 1 fully saturated rings. The predicted octanol–water partition coefficient (Wildman–Crippen LogP) is 5.75. The predicted molar refractivity (Wildman–Crippen MR) is 151 cm³/mol. The van der Waals surface area contributed by atoms with E-state index in [1.807, 2.05) is 48.5 Å². The molecule has 186 valence electrons. The molecule has 4 N–H and O–H groups in total. The number of amides is 2. The Balaban J connectivity index is 1.44. The van der Waals surface area contributed by atoms with Crippen LogP contribution in [0.1, 0.15) is 30.9 Å². The number of rotatable bonds is 7. The summed E-state index contributed by atoms with van der Waals surface area (Å²) in [7, 11) is 0. The number of nitrogen functional groups attached to an aromatic ring is 1. The Kier molecular flexibility index (Phi) is 8.23. The second-order valence-electron chi connectivity index (χ2n) is 9.33. The van der Waals surface area contributed by atoms with Gasteiger partial charge in [-0.15, -0.1) is 0 Å². The molecule has 36 heavy (non-hydrogen) atoms. The van der Waals surface area contributed by atoms with Gasteiger partial charge in [0.05, 0.1) is 17.3 Å². The van der Waals surface area contributed by atoms with Gasteiger partial charge in [0.1, 0.15) is 0 Å². The molecule has 1 saturated heterocycles. The first-order chi connectivity index (χ1) is 17.3. The molecule has 4 rings (SSSR count). The molecular weight excluding hydrogens is 516 g/mol. The van der Waals surface area contributed by atoms with Gasteiger partial charge in [-0.3, -0.25) is 14.5 Å². The maximum atomic E-state index is 13.3. The quantitative estimate of drug-likeness (QED) is 0.260. The van der Waals surface area contributed by atoms with E-state index in [0.29, 0.717) is 17.4 Å². The number of likely N-dealkylation sites (tertiary alicyclic amines) is 1. The van der Waals surface area contributed by atoms with Crippen LogP contribution < -0.4 is 16.4 Å². The molecule has 2 amide bonds. The molecule has 1 aliphatic heterocycles. The minimum atomic E-state index is -0.245. The Morgan fingerprint density at radius 1 is 0.972 bits per heavy atom. The van der Waals surface area contributed by atoms with Crippen molar-refractivity contribution in [3.8, 4) is 0 Å². The van der Waals surface area contributed by atoms with E-state index < -0.39 is 0 Å². The normalized spacial score (nSPS) is 18.0. The third-order valence-electron chi connectivity index (χ3n) is 6.54. The van der Waals surface area contributed by atoms with E-state index in [9.17, 15) is 9.59 Å². The lowest BCUT2D eigenvalue weighted by Crippen LogP contribution is -2.31. The smallest absolute Gasteiger partial charge is 0.248 e. The van der Waals surface area contributed by atoms with Crippen molar-refractivity contribution < 1.29 is 9.59 Å². The number of para-hydroxylation sites is 2. The average molecular weight is 547 g/mol. The van der Waals surface area contributed by atoms with Crippen LogP contribution in [0.2, 0.25) is 0 Å². The van der Waals surface area contributed by atoms with Crippen LogP contribution in [0.5, 0.6) is 0 Å². The summed E-state index contributed by atoms with van der Waals surface area (Å²) in [5.74, 6) is -0.277. The number of nitrogens with one attached hydrogen (secondary N) is 2. The van der Waals surface area contributed by atoms with Crippen LogP contribution in [-0.4, -0.2) is 35.8 Å². The summed E-state index contributed by atoms with van der Waals surface area (Å²) in [6.45, 7) is 5.86. The second kappa shape index (κ2) is 11.5. The first-order valence-corrected chi connectivity index (χ1v) is 12.8. The van der Waals surface area contributed by atoms with Crippen LogP contribution in [0.3, 0.4) is 0 Å². The molecule has 0 bridgehead atoms. The van der Waals surface area contributed by atoms with E-state index in [1.54, 1.807) is 18.2 Å². The summed E-state index contributed by atoms with van der Waals surface area (Å²) >= 11 is 3.43. The first-order valence-electron chi connectivity index (χ1n) is 12.0. The lowest BCUT2D eigenvalue weighted by atomic mass is 9.88. The summed E-state index contributed by atoms with van der Waals surface area (Å²) in [6, 6.07) is 23.2. The van der Waals surface area contributed by atoms with E-state index in [1.165, 1.54) is 6.08 Å². The molecule has 7 heteroatoms. The SMILES string of the molecule is CC(C)N1CC(C(=O)Nc2ccc(Br)cc2)C(c2ccc(/C=C/C(=O)Nc3ccccc3N)cc2)C1. The van der Waals surface area contributed by atoms with Crippen LogP contribution in [0.15, 0.2) is 83.3 Å². The van der Waals surface area contributed by atoms with Crippen molar-refractivity contribution in [1.82, 2.24) is 4.90 Å². The van der Waals surface area contributed by atoms with Gasteiger partial charge in [-0.25, -0.2) is 0 Å². The van der Waals surface area contributed by atoms with Gasteiger partial charge in [-0.2, -0.15) is 0 Å². The van der Waals surface area contributed by atoms with Crippen LogP contribution in [0.4, 0.5) is 17.1 Å².